The summed E-state index contributed by atoms with van der Waals surface area (Å²) in [6.07, 6.45) is 1.91. The molecule has 128 valence electrons. The molecule has 0 amide bonds. The Morgan fingerprint density at radius 2 is 1.64 bits per heavy atom. The molecule has 0 fully saturated rings. The first-order valence-corrected chi connectivity index (χ1v) is 9.19. The monoisotopic (exact) mass is 331 g/mol. The van der Waals surface area contributed by atoms with Crippen LogP contribution in [0, 0.1) is 5.41 Å². The summed E-state index contributed by atoms with van der Waals surface area (Å²) in [7, 11) is 5.22. The van der Waals surface area contributed by atoms with Crippen molar-refractivity contribution in [2.75, 3.05) is 0 Å². The van der Waals surface area contributed by atoms with Crippen LogP contribution in [0.2, 0.25) is 5.31 Å². The SMILES string of the molecule is BC1(O)c2cnc(-c3ccccc3)cc2C(B)(C(C)(C)C)BC1(C)C. The van der Waals surface area contributed by atoms with Crippen LogP contribution in [0.15, 0.2) is 42.6 Å². The second kappa shape index (κ2) is 5.51. The minimum atomic E-state index is -0.894. The molecule has 0 bridgehead atoms. The summed E-state index contributed by atoms with van der Waals surface area (Å²) in [6.45, 7) is 11.2. The van der Waals surface area contributed by atoms with E-state index in [9.17, 15) is 5.11 Å². The second-order valence-corrected chi connectivity index (χ2v) is 9.70. The lowest BCUT2D eigenvalue weighted by atomic mass is 9.19. The predicted octanol–water partition coefficient (Wildman–Crippen LogP) is 2.01. The van der Waals surface area contributed by atoms with E-state index in [-0.39, 0.29) is 15.9 Å². The zero-order valence-electron chi connectivity index (χ0n) is 16.6. The zero-order valence-corrected chi connectivity index (χ0v) is 16.6. The summed E-state index contributed by atoms with van der Waals surface area (Å²) in [5.41, 5.74) is 3.48. The summed E-state index contributed by atoms with van der Waals surface area (Å²) in [5.74, 6) is 0. The van der Waals surface area contributed by atoms with Crippen molar-refractivity contribution in [2.24, 2.45) is 5.41 Å². The molecule has 25 heavy (non-hydrogen) atoms. The number of aromatic nitrogens is 1. The normalized spacial score (nSPS) is 28.1. The highest BCUT2D eigenvalue weighted by molar-refractivity contribution is 6.59. The van der Waals surface area contributed by atoms with E-state index >= 15 is 0 Å². The third kappa shape index (κ3) is 2.68. The van der Waals surface area contributed by atoms with Gasteiger partial charge in [0.05, 0.1) is 11.2 Å². The lowest BCUT2D eigenvalue weighted by Crippen LogP contribution is -2.59. The summed E-state index contributed by atoms with van der Waals surface area (Å²) in [5, 5.41) is 11.1. The van der Waals surface area contributed by atoms with Crippen LogP contribution in [-0.2, 0) is 10.7 Å². The van der Waals surface area contributed by atoms with Crippen LogP contribution in [0.3, 0.4) is 0 Å². The van der Waals surface area contributed by atoms with Gasteiger partial charge in [0.25, 0.3) is 0 Å². The quantitative estimate of drug-likeness (QED) is 0.811. The van der Waals surface area contributed by atoms with Crippen molar-refractivity contribution in [3.05, 3.63) is 53.7 Å². The molecule has 2 atom stereocenters. The molecule has 0 saturated carbocycles. The van der Waals surface area contributed by atoms with E-state index in [2.05, 4.69) is 60.7 Å². The molecule has 1 aromatic heterocycles. The van der Waals surface area contributed by atoms with E-state index in [4.69, 9.17) is 4.98 Å². The van der Waals surface area contributed by atoms with Gasteiger partial charge in [-0.15, -0.1) is 0 Å². The number of nitrogens with zero attached hydrogens (tertiary/aromatic N) is 1. The molecule has 2 unspecified atom stereocenters. The van der Waals surface area contributed by atoms with Gasteiger partial charge in [-0.3, -0.25) is 4.98 Å². The highest BCUT2D eigenvalue weighted by Crippen LogP contribution is 2.56. The fourth-order valence-electron chi connectivity index (χ4n) is 4.25. The highest BCUT2D eigenvalue weighted by atomic mass is 16.3. The van der Waals surface area contributed by atoms with Gasteiger partial charge in [0.1, 0.15) is 23.0 Å². The Morgan fingerprint density at radius 3 is 2.20 bits per heavy atom. The molecule has 0 aliphatic carbocycles. The van der Waals surface area contributed by atoms with Gasteiger partial charge in [-0.1, -0.05) is 70.2 Å². The molecule has 2 aromatic rings. The molecule has 0 radical (unpaired) electrons. The first-order valence-electron chi connectivity index (χ1n) is 9.19. The maximum absolute atomic E-state index is 11.4. The van der Waals surface area contributed by atoms with Crippen LogP contribution >= 0.6 is 0 Å². The van der Waals surface area contributed by atoms with Crippen LogP contribution in [0.5, 0.6) is 0 Å². The van der Waals surface area contributed by atoms with Crippen molar-refractivity contribution in [1.82, 2.24) is 4.98 Å². The molecule has 3 rings (SSSR count). The Kier molecular flexibility index (Phi) is 4.04. The summed E-state index contributed by atoms with van der Waals surface area (Å²) >= 11 is 0. The van der Waals surface area contributed by atoms with Crippen molar-refractivity contribution >= 4 is 23.0 Å². The van der Waals surface area contributed by atoms with Gasteiger partial charge in [0.2, 0.25) is 0 Å². The fourth-order valence-corrected chi connectivity index (χ4v) is 4.25. The molecule has 1 aliphatic rings. The zero-order chi connectivity index (χ0) is 18.7. The van der Waals surface area contributed by atoms with Crippen molar-refractivity contribution in [3.8, 4) is 11.3 Å². The van der Waals surface area contributed by atoms with Gasteiger partial charge < -0.3 is 5.11 Å². The number of pyridine rings is 1. The van der Waals surface area contributed by atoms with E-state index < -0.39 is 5.50 Å². The number of hydrogen-bond donors (Lipinski definition) is 1. The minimum absolute atomic E-state index is 0.0411. The summed E-state index contributed by atoms with van der Waals surface area (Å²) in [6, 6.07) is 12.5. The largest absolute Gasteiger partial charge is 0.395 e. The second-order valence-electron chi connectivity index (χ2n) is 9.70. The first-order chi connectivity index (χ1) is 11.4. The molecule has 0 spiro atoms. The number of hydrogen-bond acceptors (Lipinski definition) is 2. The van der Waals surface area contributed by atoms with Gasteiger partial charge in [-0.2, -0.15) is 0 Å². The number of fused-ring (bicyclic) bond motifs is 1. The number of benzene rings is 1. The van der Waals surface area contributed by atoms with E-state index in [0.29, 0.717) is 0 Å². The van der Waals surface area contributed by atoms with Crippen LogP contribution in [0.25, 0.3) is 11.3 Å². The average molecular weight is 331 g/mol. The Balaban J connectivity index is 2.29. The van der Waals surface area contributed by atoms with Crippen molar-refractivity contribution in [3.63, 3.8) is 0 Å². The van der Waals surface area contributed by atoms with Gasteiger partial charge in [-0.25, -0.2) is 0 Å². The third-order valence-corrected chi connectivity index (χ3v) is 6.86. The van der Waals surface area contributed by atoms with E-state index in [0.717, 1.165) is 24.1 Å². The molecule has 1 N–H and O–H groups in total. The van der Waals surface area contributed by atoms with Gasteiger partial charge in [-0.05, 0) is 27.9 Å². The summed E-state index contributed by atoms with van der Waals surface area (Å²) in [4.78, 5) is 4.71. The van der Waals surface area contributed by atoms with E-state index in [1.807, 2.05) is 32.2 Å². The van der Waals surface area contributed by atoms with Crippen LogP contribution in [0.4, 0.5) is 0 Å². The molecule has 5 heteroatoms. The molecular weight excluding hydrogens is 303 g/mol. The van der Waals surface area contributed by atoms with Crippen molar-refractivity contribution in [2.45, 2.75) is 50.6 Å². The molecular formula is C20H28B3NO. The van der Waals surface area contributed by atoms with Gasteiger partial charge in [0.15, 0.2) is 0 Å². The maximum Gasteiger partial charge on any atom is 0.148 e. The van der Waals surface area contributed by atoms with E-state index in [1.165, 1.54) is 5.56 Å². The topological polar surface area (TPSA) is 33.1 Å². The van der Waals surface area contributed by atoms with Gasteiger partial charge >= 0.3 is 0 Å². The van der Waals surface area contributed by atoms with E-state index in [1.54, 1.807) is 0 Å². The molecule has 2 nitrogen and oxygen atoms in total. The third-order valence-electron chi connectivity index (χ3n) is 6.86. The minimum Gasteiger partial charge on any atom is -0.395 e. The lowest BCUT2D eigenvalue weighted by Gasteiger charge is -2.57. The summed E-state index contributed by atoms with van der Waals surface area (Å²) < 4.78 is 0. The smallest absolute Gasteiger partial charge is 0.148 e. The Morgan fingerprint density at radius 1 is 1.04 bits per heavy atom. The van der Waals surface area contributed by atoms with Crippen LogP contribution in [0.1, 0.15) is 45.7 Å². The Labute approximate surface area is 154 Å². The van der Waals surface area contributed by atoms with Crippen LogP contribution < -0.4 is 0 Å². The van der Waals surface area contributed by atoms with Crippen LogP contribution in [-0.4, -0.2) is 33.1 Å². The standard InChI is InChI=1S/C20H28B3NO/c1-17(2,3)19(21)14-11-16(13-9-7-6-8-10-13)24-12-15(14)20(22,25)18(4,5)23-19/h6-12,23,25H,21-22H2,1-5H3. The number of aliphatic hydroxyl groups is 1. The van der Waals surface area contributed by atoms with Crippen molar-refractivity contribution < 1.29 is 5.11 Å². The predicted molar refractivity (Wildman–Crippen MR) is 113 cm³/mol. The first kappa shape index (κ1) is 18.3. The average Bonchev–Trinajstić information content (AvgIpc) is 2.52. The number of rotatable bonds is 1. The molecule has 1 aliphatic heterocycles. The molecule has 2 heterocycles. The Bertz CT molecular complexity index is 796. The molecule has 1 aromatic carbocycles. The highest BCUT2D eigenvalue weighted by Gasteiger charge is 2.56. The van der Waals surface area contributed by atoms with Crippen molar-refractivity contribution in [1.29, 1.82) is 0 Å². The Hall–Kier alpha value is -1.48. The molecule has 0 saturated heterocycles. The maximum atomic E-state index is 11.4. The fraction of sp³-hybridized carbons (Fsp3) is 0.450. The van der Waals surface area contributed by atoms with Gasteiger partial charge in [0, 0.05) is 11.8 Å². The lowest BCUT2D eigenvalue weighted by molar-refractivity contribution is 0.0749.